The molecule has 3 unspecified atom stereocenters. The Balaban J connectivity index is 1.07. The van der Waals surface area contributed by atoms with Crippen LogP contribution in [-0.4, -0.2) is 162 Å². The number of nitrogens with zero attached hydrogens (tertiary/aromatic N) is 5. The fourth-order valence-corrected chi connectivity index (χ4v) is 12.5. The maximum Gasteiger partial charge on any atom is 0.311 e. The summed E-state index contributed by atoms with van der Waals surface area (Å²) in [6.45, 7) is 20.3. The van der Waals surface area contributed by atoms with Gasteiger partial charge in [-0.1, -0.05) is 75.4 Å². The summed E-state index contributed by atoms with van der Waals surface area (Å²) < 4.78 is 48.5. The van der Waals surface area contributed by atoms with Gasteiger partial charge in [0.2, 0.25) is 0 Å². The van der Waals surface area contributed by atoms with E-state index < -0.39 is 108 Å². The maximum atomic E-state index is 14.5. The first kappa shape index (κ1) is 63.8. The number of carbonyl (C=O) groups is 2. The Morgan fingerprint density at radius 2 is 1.46 bits per heavy atom. The molecule has 2 aromatic heterocycles. The van der Waals surface area contributed by atoms with E-state index in [2.05, 4.69) is 27.3 Å². The van der Waals surface area contributed by atoms with Gasteiger partial charge < -0.3 is 53.6 Å². The van der Waals surface area contributed by atoms with E-state index in [9.17, 15) is 34.8 Å². The topological polar surface area (TPSA) is 236 Å². The molecule has 5 heterocycles. The third-order valence-corrected chi connectivity index (χ3v) is 17.8. The molecule has 81 heavy (non-hydrogen) atoms. The average Bonchev–Trinajstić information content (AvgIpc) is 4.12. The van der Waals surface area contributed by atoms with Gasteiger partial charge in [-0.3, -0.25) is 28.5 Å². The second kappa shape index (κ2) is 26.9. The second-order valence-corrected chi connectivity index (χ2v) is 24.2. The van der Waals surface area contributed by atoms with Gasteiger partial charge >= 0.3 is 5.97 Å². The number of aliphatic hydroxyl groups is 4. The molecule has 0 bridgehead atoms. The van der Waals surface area contributed by atoms with Crippen molar-refractivity contribution in [2.24, 2.45) is 23.7 Å². The number of aryl methyl sites for hydroxylation is 3. The minimum absolute atomic E-state index is 0.0560. The number of ether oxygens (including phenoxy) is 7. The standard InChI is InChI=1S/C62H91N5O14/c1-15-49-62(11,74)55(71)39(5)52(69)37(3)31-61(10,76-14)57(40(6)54(41(7)58(73)79-49)80-51-32-60(9,75-13)56(72)42(8)78-51)81-59-53(70)48(30-38(4)77-59)65(12)34-44-20-24-45(25-21-44)47-35-66(64-63-47)29-17-16-18-43-22-26-46(27-23-43)67-33-36(2)19-28-50(67)68/h19-28,33,35,37-42,48-49,51,53-57,59,70-72,74H,15-18,29-32,34H2,1-14H3/t37-,38-,39+,40+,41-,42+,48+,49?,51?,53-,54-,55-,56+,57-,59?,60-,61+,62-/m1/s1. The molecule has 7 rings (SSSR count). The van der Waals surface area contributed by atoms with Crippen LogP contribution in [0.15, 0.2) is 77.9 Å². The highest BCUT2D eigenvalue weighted by Gasteiger charge is 2.54. The number of hydrogen-bond acceptors (Lipinski definition) is 17. The number of rotatable bonds is 17. The summed E-state index contributed by atoms with van der Waals surface area (Å²) in [5.74, 6) is -4.74. The first-order valence-electron chi connectivity index (χ1n) is 28.9. The first-order chi connectivity index (χ1) is 38.2. The van der Waals surface area contributed by atoms with Crippen molar-refractivity contribution in [2.45, 2.75) is 218 Å². The molecule has 4 N–H and O–H groups in total. The Bertz CT molecular complexity index is 2750. The summed E-state index contributed by atoms with van der Waals surface area (Å²) in [5.41, 5.74) is 1.29. The summed E-state index contributed by atoms with van der Waals surface area (Å²) in [4.78, 5) is 43.3. The molecule has 3 aliphatic heterocycles. The molecule has 2 aromatic carbocycles. The zero-order valence-corrected chi connectivity index (χ0v) is 50.1. The maximum absolute atomic E-state index is 14.5. The van der Waals surface area contributed by atoms with Crippen LogP contribution in [-0.2, 0) is 62.3 Å². The van der Waals surface area contributed by atoms with Crippen LogP contribution in [0.1, 0.15) is 124 Å². The fraction of sp³-hybridized carbons (Fsp3) is 0.661. The zero-order chi connectivity index (χ0) is 59.3. The van der Waals surface area contributed by atoms with Crippen molar-refractivity contribution in [3.05, 3.63) is 100 Å². The molecular formula is C62H91N5O14. The minimum Gasteiger partial charge on any atom is -0.459 e. The fourth-order valence-electron chi connectivity index (χ4n) is 12.5. The molecule has 0 spiro atoms. The van der Waals surface area contributed by atoms with Crippen molar-refractivity contribution in [2.75, 3.05) is 21.3 Å². The number of esters is 1. The number of pyridine rings is 1. The number of hydrogen-bond donors (Lipinski definition) is 4. The molecule has 3 fully saturated rings. The van der Waals surface area contributed by atoms with E-state index in [1.807, 2.05) is 87.4 Å². The smallest absolute Gasteiger partial charge is 0.311 e. The molecule has 0 radical (unpaired) electrons. The van der Waals surface area contributed by atoms with Gasteiger partial charge in [0.15, 0.2) is 12.6 Å². The van der Waals surface area contributed by atoms with Crippen LogP contribution in [0.3, 0.4) is 0 Å². The first-order valence-corrected chi connectivity index (χ1v) is 28.9. The predicted octanol–water partition coefficient (Wildman–Crippen LogP) is 6.75. The van der Waals surface area contributed by atoms with Crippen LogP contribution in [0, 0.1) is 30.6 Å². The number of cyclic esters (lactones) is 1. The quantitative estimate of drug-likeness (QED) is 0.0632. The predicted molar refractivity (Wildman–Crippen MR) is 304 cm³/mol. The third-order valence-electron chi connectivity index (χ3n) is 17.8. The van der Waals surface area contributed by atoms with Gasteiger partial charge in [0, 0.05) is 81.0 Å². The van der Waals surface area contributed by atoms with Crippen LogP contribution in [0.25, 0.3) is 16.9 Å². The van der Waals surface area contributed by atoms with Gasteiger partial charge in [-0.2, -0.15) is 0 Å². The SMILES string of the molecule is CCC1OC(=O)[C@H](C)[C@H](OC2C[C@@](C)(OC)[C@@H](O)[C@H](C)O2)[C@H](C)[C@@H](OC2O[C@H](C)C[C@H](N(C)Cc3ccc(-c4cn(CCCCc5ccc(-n6cc(C)ccc6=O)cc5)nn4)cc3)[C@H]2O)[C@@](C)(OC)C[C@@H](C)C(=O)[C@H](C)[C@@H](O)[C@]1(C)O. The lowest BCUT2D eigenvalue weighted by Crippen LogP contribution is -2.61. The van der Waals surface area contributed by atoms with Gasteiger partial charge in [-0.25, -0.2) is 0 Å². The van der Waals surface area contributed by atoms with Crippen molar-refractivity contribution in [1.82, 2.24) is 24.5 Å². The van der Waals surface area contributed by atoms with E-state index >= 15 is 0 Å². The number of Topliss-reactive ketones (excluding diaryl/α,β-unsaturated/α-hetero) is 1. The molecule has 19 heteroatoms. The van der Waals surface area contributed by atoms with Crippen molar-refractivity contribution in [1.29, 1.82) is 0 Å². The van der Waals surface area contributed by atoms with Crippen LogP contribution in [0.5, 0.6) is 0 Å². The summed E-state index contributed by atoms with van der Waals surface area (Å²) in [7, 11) is 4.96. The highest BCUT2D eigenvalue weighted by atomic mass is 16.7. The van der Waals surface area contributed by atoms with Crippen molar-refractivity contribution in [3.8, 4) is 16.9 Å². The molecule has 448 valence electrons. The number of likely N-dealkylation sites (N-methyl/N-ethyl adjacent to an activating group) is 1. The lowest BCUT2D eigenvalue weighted by atomic mass is 9.74. The number of aromatic nitrogens is 4. The summed E-state index contributed by atoms with van der Waals surface area (Å²) >= 11 is 0. The molecule has 19 nitrogen and oxygen atoms in total. The summed E-state index contributed by atoms with van der Waals surface area (Å²) in [5, 5.41) is 55.9. The molecule has 3 aliphatic rings. The molecule has 3 saturated heterocycles. The number of carbonyl (C=O) groups excluding carboxylic acids is 2. The number of unbranched alkanes of at least 4 members (excludes halogenated alkanes) is 1. The Hall–Kier alpha value is -4.77. The van der Waals surface area contributed by atoms with Crippen LogP contribution in [0.2, 0.25) is 0 Å². The Morgan fingerprint density at radius 3 is 2.11 bits per heavy atom. The van der Waals surface area contributed by atoms with Crippen molar-refractivity contribution >= 4 is 11.8 Å². The lowest BCUT2D eigenvalue weighted by Gasteiger charge is -2.50. The molecule has 18 atom stereocenters. The van der Waals surface area contributed by atoms with Crippen LogP contribution in [0.4, 0.5) is 0 Å². The largest absolute Gasteiger partial charge is 0.459 e. The second-order valence-electron chi connectivity index (χ2n) is 24.2. The monoisotopic (exact) mass is 1130 g/mol. The minimum atomic E-state index is -2.01. The van der Waals surface area contributed by atoms with Gasteiger partial charge in [0.05, 0.1) is 53.8 Å². The van der Waals surface area contributed by atoms with E-state index in [1.165, 1.54) is 26.7 Å². The Labute approximate surface area is 478 Å². The highest BCUT2D eigenvalue weighted by Crippen LogP contribution is 2.42. The average molecular weight is 1130 g/mol. The molecule has 0 amide bonds. The van der Waals surface area contributed by atoms with E-state index in [0.29, 0.717) is 13.0 Å². The number of aliphatic hydroxyl groups excluding tert-OH is 3. The van der Waals surface area contributed by atoms with Crippen LogP contribution < -0.4 is 5.56 Å². The Kier molecular flexibility index (Phi) is 21.2. The zero-order valence-electron chi connectivity index (χ0n) is 50.1. The van der Waals surface area contributed by atoms with Crippen LogP contribution >= 0.6 is 0 Å². The molecule has 0 aliphatic carbocycles. The lowest BCUT2D eigenvalue weighted by molar-refractivity contribution is -0.319. The van der Waals surface area contributed by atoms with E-state index in [1.54, 1.807) is 59.1 Å². The van der Waals surface area contributed by atoms with Gasteiger partial charge in [0.25, 0.3) is 5.56 Å². The molecular weight excluding hydrogens is 1040 g/mol. The highest BCUT2D eigenvalue weighted by molar-refractivity contribution is 5.83. The number of benzene rings is 2. The van der Waals surface area contributed by atoms with Gasteiger partial charge in [-0.05, 0) is 123 Å². The molecule has 0 saturated carbocycles. The normalized spacial score (nSPS) is 35.6. The third kappa shape index (κ3) is 14.6. The van der Waals surface area contributed by atoms with Crippen molar-refractivity contribution < 1.29 is 63.2 Å². The van der Waals surface area contributed by atoms with E-state index in [4.69, 9.17) is 33.2 Å². The summed E-state index contributed by atoms with van der Waals surface area (Å²) in [6.07, 6.45) is -3.04. The number of ketones is 1. The molecule has 4 aromatic rings. The van der Waals surface area contributed by atoms with E-state index in [0.717, 1.165) is 53.9 Å². The summed E-state index contributed by atoms with van der Waals surface area (Å²) in [6, 6.07) is 19.2. The van der Waals surface area contributed by atoms with Gasteiger partial charge in [0.1, 0.15) is 35.4 Å². The van der Waals surface area contributed by atoms with E-state index in [-0.39, 0.29) is 36.7 Å². The number of methoxy groups -OCH3 is 2. The van der Waals surface area contributed by atoms with Gasteiger partial charge in [-0.15, -0.1) is 5.10 Å². The Morgan fingerprint density at radius 1 is 0.790 bits per heavy atom. The van der Waals surface area contributed by atoms with Crippen molar-refractivity contribution in [3.63, 3.8) is 0 Å².